The molecular weight excluding hydrogens is 257 g/mol. The third-order valence-electron chi connectivity index (χ3n) is 3.09. The Labute approximate surface area is 117 Å². The minimum Gasteiger partial charge on any atom is -0.397 e. The number of nitrogens with one attached hydrogen (secondary N) is 1. The van der Waals surface area contributed by atoms with E-state index in [1.807, 2.05) is 11.9 Å². The highest BCUT2D eigenvalue weighted by Gasteiger charge is 2.11. The average molecular weight is 273 g/mol. The third-order valence-corrected chi connectivity index (χ3v) is 3.09. The molecular formula is C15H16FN3O. The Hall–Kier alpha value is -2.56. The van der Waals surface area contributed by atoms with E-state index in [0.717, 1.165) is 11.4 Å². The van der Waals surface area contributed by atoms with E-state index >= 15 is 0 Å². The number of rotatable bonds is 3. The van der Waals surface area contributed by atoms with E-state index in [0.29, 0.717) is 11.3 Å². The second-order valence-electron chi connectivity index (χ2n) is 4.39. The molecule has 104 valence electrons. The molecule has 20 heavy (non-hydrogen) atoms. The van der Waals surface area contributed by atoms with Crippen LogP contribution in [0.2, 0.25) is 0 Å². The molecule has 3 N–H and O–H groups in total. The van der Waals surface area contributed by atoms with Gasteiger partial charge in [0.2, 0.25) is 0 Å². The van der Waals surface area contributed by atoms with Gasteiger partial charge in [0, 0.05) is 25.3 Å². The summed E-state index contributed by atoms with van der Waals surface area (Å²) in [6.07, 6.45) is 0. The van der Waals surface area contributed by atoms with E-state index in [4.69, 9.17) is 5.73 Å². The predicted octanol–water partition coefficient (Wildman–Crippen LogP) is 2.54. The van der Waals surface area contributed by atoms with Gasteiger partial charge in [0.15, 0.2) is 0 Å². The van der Waals surface area contributed by atoms with Crippen molar-refractivity contribution in [3.8, 4) is 0 Å². The summed E-state index contributed by atoms with van der Waals surface area (Å²) in [7, 11) is 3.40. The van der Waals surface area contributed by atoms with Crippen LogP contribution in [0.3, 0.4) is 0 Å². The van der Waals surface area contributed by atoms with Crippen molar-refractivity contribution in [2.75, 3.05) is 24.7 Å². The molecule has 0 bridgehead atoms. The van der Waals surface area contributed by atoms with Crippen LogP contribution in [0.15, 0.2) is 42.5 Å². The second-order valence-corrected chi connectivity index (χ2v) is 4.39. The van der Waals surface area contributed by atoms with Crippen molar-refractivity contribution >= 4 is 23.0 Å². The van der Waals surface area contributed by atoms with Crippen molar-refractivity contribution in [1.29, 1.82) is 0 Å². The number of halogens is 1. The van der Waals surface area contributed by atoms with E-state index in [-0.39, 0.29) is 11.7 Å². The van der Waals surface area contributed by atoms with Crippen LogP contribution in [0.25, 0.3) is 0 Å². The van der Waals surface area contributed by atoms with Crippen molar-refractivity contribution in [2.45, 2.75) is 0 Å². The number of nitrogens with two attached hydrogens (primary N) is 1. The number of nitrogen functional groups attached to an aromatic ring is 1. The summed E-state index contributed by atoms with van der Waals surface area (Å²) in [5.41, 5.74) is 8.54. The zero-order chi connectivity index (χ0) is 14.7. The van der Waals surface area contributed by atoms with E-state index < -0.39 is 0 Å². The molecule has 0 aliphatic rings. The maximum atomic E-state index is 12.9. The molecule has 2 aromatic rings. The first-order valence-corrected chi connectivity index (χ1v) is 6.14. The molecule has 2 rings (SSSR count). The van der Waals surface area contributed by atoms with Crippen molar-refractivity contribution < 1.29 is 9.18 Å². The molecule has 2 aromatic carbocycles. The fourth-order valence-corrected chi connectivity index (χ4v) is 1.95. The molecule has 0 saturated carbocycles. The van der Waals surface area contributed by atoms with Gasteiger partial charge in [-0.15, -0.1) is 0 Å². The van der Waals surface area contributed by atoms with Crippen LogP contribution < -0.4 is 16.0 Å². The Bertz CT molecular complexity index is 626. The summed E-state index contributed by atoms with van der Waals surface area (Å²) in [6, 6.07) is 11.2. The first-order chi connectivity index (χ1) is 9.52. The van der Waals surface area contributed by atoms with Gasteiger partial charge in [-0.25, -0.2) is 4.39 Å². The van der Waals surface area contributed by atoms with Gasteiger partial charge in [-0.05, 0) is 42.5 Å². The largest absolute Gasteiger partial charge is 0.397 e. The van der Waals surface area contributed by atoms with Gasteiger partial charge in [-0.3, -0.25) is 4.79 Å². The molecule has 1 amide bonds. The maximum Gasteiger partial charge on any atom is 0.251 e. The first-order valence-electron chi connectivity index (χ1n) is 6.14. The zero-order valence-electron chi connectivity index (χ0n) is 11.4. The first kappa shape index (κ1) is 13.9. The van der Waals surface area contributed by atoms with Crippen molar-refractivity contribution in [3.05, 3.63) is 53.8 Å². The van der Waals surface area contributed by atoms with Crippen molar-refractivity contribution in [1.82, 2.24) is 5.32 Å². The summed E-state index contributed by atoms with van der Waals surface area (Å²) in [5, 5.41) is 2.55. The molecule has 0 saturated heterocycles. The van der Waals surface area contributed by atoms with E-state index in [1.165, 1.54) is 12.1 Å². The van der Waals surface area contributed by atoms with Crippen molar-refractivity contribution in [3.63, 3.8) is 0 Å². The third kappa shape index (κ3) is 2.71. The summed E-state index contributed by atoms with van der Waals surface area (Å²) in [6.45, 7) is 0. The molecule has 0 aliphatic carbocycles. The molecule has 0 aliphatic heterocycles. The molecule has 0 unspecified atom stereocenters. The lowest BCUT2D eigenvalue weighted by atomic mass is 10.1. The molecule has 0 fully saturated rings. The molecule has 0 spiro atoms. The highest BCUT2D eigenvalue weighted by atomic mass is 19.1. The van der Waals surface area contributed by atoms with E-state index in [2.05, 4.69) is 5.32 Å². The quantitative estimate of drug-likeness (QED) is 0.845. The molecule has 4 nitrogen and oxygen atoms in total. The minimum absolute atomic E-state index is 0.187. The molecule has 0 atom stereocenters. The standard InChI is InChI=1S/C15H16FN3O/c1-18-15(20)10-3-8-14(13(17)9-10)19(2)12-6-4-11(16)5-7-12/h3-9H,17H2,1-2H3,(H,18,20). The number of benzene rings is 2. The minimum atomic E-state index is -0.287. The van der Waals surface area contributed by atoms with Gasteiger partial charge < -0.3 is 16.0 Å². The fraction of sp³-hybridized carbons (Fsp3) is 0.133. The fourth-order valence-electron chi connectivity index (χ4n) is 1.95. The lowest BCUT2D eigenvalue weighted by molar-refractivity contribution is 0.0963. The summed E-state index contributed by atoms with van der Waals surface area (Å²) in [4.78, 5) is 13.4. The number of hydrogen-bond acceptors (Lipinski definition) is 3. The van der Waals surface area contributed by atoms with Gasteiger partial charge in [0.05, 0.1) is 11.4 Å². The predicted molar refractivity (Wildman–Crippen MR) is 78.7 cm³/mol. The highest BCUT2D eigenvalue weighted by molar-refractivity contribution is 5.96. The van der Waals surface area contributed by atoms with Gasteiger partial charge in [0.1, 0.15) is 5.82 Å². The van der Waals surface area contributed by atoms with E-state index in [9.17, 15) is 9.18 Å². The highest BCUT2D eigenvalue weighted by Crippen LogP contribution is 2.29. The van der Waals surface area contributed by atoms with Crippen molar-refractivity contribution in [2.24, 2.45) is 0 Å². The summed E-state index contributed by atoms with van der Waals surface area (Å²) >= 11 is 0. The second kappa shape index (κ2) is 5.61. The van der Waals surface area contributed by atoms with Crippen LogP contribution in [0.4, 0.5) is 21.5 Å². The summed E-state index contributed by atoms with van der Waals surface area (Å²) in [5.74, 6) is -0.474. The monoisotopic (exact) mass is 273 g/mol. The molecule has 5 heteroatoms. The Balaban J connectivity index is 2.33. The average Bonchev–Trinajstić information content (AvgIpc) is 2.46. The lowest BCUT2D eigenvalue weighted by Gasteiger charge is -2.21. The number of anilines is 3. The Morgan fingerprint density at radius 3 is 2.40 bits per heavy atom. The van der Waals surface area contributed by atoms with Crippen LogP contribution in [-0.2, 0) is 0 Å². The lowest BCUT2D eigenvalue weighted by Crippen LogP contribution is -2.18. The molecule has 0 heterocycles. The van der Waals surface area contributed by atoms with Gasteiger partial charge in [0.25, 0.3) is 5.91 Å². The SMILES string of the molecule is CNC(=O)c1ccc(N(C)c2ccc(F)cc2)c(N)c1. The molecule has 0 aromatic heterocycles. The summed E-state index contributed by atoms with van der Waals surface area (Å²) < 4.78 is 12.9. The van der Waals surface area contributed by atoms with E-state index in [1.54, 1.807) is 37.4 Å². The Morgan fingerprint density at radius 2 is 1.85 bits per heavy atom. The zero-order valence-corrected chi connectivity index (χ0v) is 11.4. The normalized spacial score (nSPS) is 10.2. The topological polar surface area (TPSA) is 58.4 Å². The smallest absolute Gasteiger partial charge is 0.251 e. The van der Waals surface area contributed by atoms with Crippen LogP contribution in [0.5, 0.6) is 0 Å². The van der Waals surface area contributed by atoms with Crippen LogP contribution in [-0.4, -0.2) is 20.0 Å². The number of carbonyl (C=O) groups excluding carboxylic acids is 1. The molecule has 0 radical (unpaired) electrons. The van der Waals surface area contributed by atoms with Gasteiger partial charge >= 0.3 is 0 Å². The van der Waals surface area contributed by atoms with Crippen LogP contribution in [0.1, 0.15) is 10.4 Å². The van der Waals surface area contributed by atoms with Gasteiger partial charge in [-0.2, -0.15) is 0 Å². The van der Waals surface area contributed by atoms with Crippen LogP contribution in [0, 0.1) is 5.82 Å². The van der Waals surface area contributed by atoms with Gasteiger partial charge in [-0.1, -0.05) is 0 Å². The number of nitrogens with zero attached hydrogens (tertiary/aromatic N) is 1. The Morgan fingerprint density at radius 1 is 1.20 bits per heavy atom. The number of hydrogen-bond donors (Lipinski definition) is 2. The number of amides is 1. The number of carbonyl (C=O) groups is 1. The maximum absolute atomic E-state index is 12.9. The Kier molecular flexibility index (Phi) is 3.89. The van der Waals surface area contributed by atoms with Crippen LogP contribution >= 0.6 is 0 Å².